The number of amides is 1. The number of hydrogen-bond acceptors (Lipinski definition) is 4. The van der Waals surface area contributed by atoms with Crippen LogP contribution in [0.15, 0.2) is 47.4 Å². The van der Waals surface area contributed by atoms with Gasteiger partial charge in [0.05, 0.1) is 7.11 Å². The Balaban J connectivity index is 1.89. The Morgan fingerprint density at radius 2 is 1.77 bits per heavy atom. The second kappa shape index (κ2) is 9.81. The van der Waals surface area contributed by atoms with E-state index in [0.717, 1.165) is 31.2 Å². The third kappa shape index (κ3) is 4.96. The van der Waals surface area contributed by atoms with E-state index in [1.54, 1.807) is 25.2 Å². The van der Waals surface area contributed by atoms with E-state index < -0.39 is 10.0 Å². The number of rotatable bonds is 6. The molecule has 2 aromatic carbocycles. The van der Waals surface area contributed by atoms with Crippen LogP contribution in [0.4, 0.5) is 0 Å². The molecule has 1 saturated heterocycles. The molecule has 0 aromatic heterocycles. The molecule has 30 heavy (non-hydrogen) atoms. The van der Waals surface area contributed by atoms with Gasteiger partial charge in [-0.1, -0.05) is 42.6 Å². The molecule has 0 unspecified atom stereocenters. The molecule has 0 atom stereocenters. The number of halogens is 1. The lowest BCUT2D eigenvalue weighted by Crippen LogP contribution is -2.32. The normalized spacial score (nSPS) is 15.4. The summed E-state index contributed by atoms with van der Waals surface area (Å²) in [7, 11) is -0.661. The summed E-state index contributed by atoms with van der Waals surface area (Å²) in [6.45, 7) is 1.28. The van der Waals surface area contributed by atoms with E-state index in [9.17, 15) is 13.2 Å². The number of ether oxygens (including phenoxy) is 1. The number of carbonyl (C=O) groups is 1. The van der Waals surface area contributed by atoms with Gasteiger partial charge in [-0.3, -0.25) is 4.79 Å². The maximum atomic E-state index is 13.3. The molecule has 0 saturated carbocycles. The second-order valence-corrected chi connectivity index (χ2v) is 9.75. The zero-order chi connectivity index (χ0) is 21.7. The van der Waals surface area contributed by atoms with Crippen molar-refractivity contribution in [3.8, 4) is 5.75 Å². The summed E-state index contributed by atoms with van der Waals surface area (Å²) in [5.41, 5.74) is 1.11. The van der Waals surface area contributed by atoms with Gasteiger partial charge in [0.25, 0.3) is 5.91 Å². The molecule has 0 N–H and O–H groups in total. The topological polar surface area (TPSA) is 66.9 Å². The fourth-order valence-electron chi connectivity index (χ4n) is 3.61. The van der Waals surface area contributed by atoms with Crippen LogP contribution in [-0.2, 0) is 16.6 Å². The molecule has 3 rings (SSSR count). The van der Waals surface area contributed by atoms with Crippen LogP contribution in [0.2, 0.25) is 5.02 Å². The Bertz CT molecular complexity index is 1000. The molecule has 0 aliphatic carbocycles. The molecule has 0 spiro atoms. The Kier molecular flexibility index (Phi) is 7.39. The maximum Gasteiger partial charge on any atom is 0.253 e. The molecular formula is C22H27ClN2O4S. The molecular weight excluding hydrogens is 424 g/mol. The molecule has 0 bridgehead atoms. The van der Waals surface area contributed by atoms with E-state index in [1.807, 2.05) is 18.2 Å². The van der Waals surface area contributed by atoms with Crippen molar-refractivity contribution in [3.63, 3.8) is 0 Å². The largest absolute Gasteiger partial charge is 0.495 e. The molecule has 1 aliphatic rings. The smallest absolute Gasteiger partial charge is 0.253 e. The summed E-state index contributed by atoms with van der Waals surface area (Å²) in [6.07, 6.45) is 3.71. The predicted molar refractivity (Wildman–Crippen MR) is 117 cm³/mol. The molecule has 1 heterocycles. The third-order valence-electron chi connectivity index (χ3n) is 5.31. The van der Waals surface area contributed by atoms with E-state index in [2.05, 4.69) is 0 Å². The first kappa shape index (κ1) is 22.6. The summed E-state index contributed by atoms with van der Waals surface area (Å²) in [5, 5.41) is 0.580. The maximum absolute atomic E-state index is 13.3. The van der Waals surface area contributed by atoms with Crippen molar-refractivity contribution in [3.05, 3.63) is 58.6 Å². The average molecular weight is 451 g/mol. The van der Waals surface area contributed by atoms with Gasteiger partial charge in [-0.15, -0.1) is 0 Å². The summed E-state index contributed by atoms with van der Waals surface area (Å²) < 4.78 is 33.4. The molecule has 0 radical (unpaired) electrons. The first-order valence-electron chi connectivity index (χ1n) is 10.0. The summed E-state index contributed by atoms with van der Waals surface area (Å²) in [6, 6.07) is 11.9. The first-order valence-corrected chi connectivity index (χ1v) is 11.8. The molecule has 1 amide bonds. The zero-order valence-corrected chi connectivity index (χ0v) is 18.9. The van der Waals surface area contributed by atoms with E-state index >= 15 is 0 Å². The Morgan fingerprint density at radius 1 is 1.10 bits per heavy atom. The quantitative estimate of drug-likeness (QED) is 0.662. The van der Waals surface area contributed by atoms with Gasteiger partial charge < -0.3 is 9.64 Å². The molecule has 8 heteroatoms. The SMILES string of the molecule is COc1ccc(C(=O)N(C)Cc2ccccc2Cl)cc1S(=O)(=O)N1CCCCCC1. The van der Waals surface area contributed by atoms with Crippen molar-refractivity contribution in [2.45, 2.75) is 37.1 Å². The van der Waals surface area contributed by atoms with Crippen molar-refractivity contribution >= 4 is 27.5 Å². The highest BCUT2D eigenvalue weighted by Crippen LogP contribution is 2.30. The summed E-state index contributed by atoms with van der Waals surface area (Å²) in [5.74, 6) is -0.0468. The molecule has 6 nitrogen and oxygen atoms in total. The van der Waals surface area contributed by atoms with Gasteiger partial charge >= 0.3 is 0 Å². The molecule has 2 aromatic rings. The van der Waals surface area contributed by atoms with Gasteiger partial charge in [-0.25, -0.2) is 8.42 Å². The highest BCUT2D eigenvalue weighted by Gasteiger charge is 2.29. The van der Waals surface area contributed by atoms with Crippen molar-refractivity contribution in [2.75, 3.05) is 27.2 Å². The third-order valence-corrected chi connectivity index (χ3v) is 7.59. The van der Waals surface area contributed by atoms with Gasteiger partial charge in [0.15, 0.2) is 0 Å². The van der Waals surface area contributed by atoms with E-state index in [4.69, 9.17) is 16.3 Å². The Morgan fingerprint density at radius 3 is 2.40 bits per heavy atom. The van der Waals surface area contributed by atoms with Gasteiger partial charge in [0, 0.05) is 37.3 Å². The highest BCUT2D eigenvalue weighted by molar-refractivity contribution is 7.89. The number of benzene rings is 2. The van der Waals surface area contributed by atoms with Crippen LogP contribution in [0.1, 0.15) is 41.6 Å². The van der Waals surface area contributed by atoms with Gasteiger partial charge in [-0.2, -0.15) is 4.31 Å². The van der Waals surface area contributed by atoms with Crippen LogP contribution >= 0.6 is 11.6 Å². The minimum Gasteiger partial charge on any atom is -0.495 e. The second-order valence-electron chi connectivity index (χ2n) is 7.44. The van der Waals surface area contributed by atoms with Crippen LogP contribution in [0.25, 0.3) is 0 Å². The highest BCUT2D eigenvalue weighted by atomic mass is 35.5. The number of hydrogen-bond donors (Lipinski definition) is 0. The standard InChI is InChI=1S/C22H27ClN2O4S/c1-24(16-18-9-5-6-10-19(18)23)22(26)17-11-12-20(29-2)21(15-17)30(27,28)25-13-7-3-4-8-14-25/h5-6,9-12,15H,3-4,7-8,13-14,16H2,1-2H3. The number of carbonyl (C=O) groups excluding carboxylic acids is 1. The van der Waals surface area contributed by atoms with Gasteiger partial charge in [-0.05, 0) is 42.7 Å². The van der Waals surface area contributed by atoms with Crippen LogP contribution in [0, 0.1) is 0 Å². The Hall–Kier alpha value is -2.09. The van der Waals surface area contributed by atoms with Gasteiger partial charge in [0.2, 0.25) is 10.0 Å². The van der Waals surface area contributed by atoms with Crippen LogP contribution < -0.4 is 4.74 Å². The Labute approximate surface area is 183 Å². The first-order chi connectivity index (χ1) is 14.3. The zero-order valence-electron chi connectivity index (χ0n) is 17.3. The lowest BCUT2D eigenvalue weighted by Gasteiger charge is -2.22. The average Bonchev–Trinajstić information content (AvgIpc) is 3.04. The number of sulfonamides is 1. The van der Waals surface area contributed by atoms with Crippen molar-refractivity contribution in [1.82, 2.24) is 9.21 Å². The molecule has 162 valence electrons. The van der Waals surface area contributed by atoms with Crippen LogP contribution in [0.5, 0.6) is 5.75 Å². The van der Waals surface area contributed by atoms with Crippen molar-refractivity contribution in [2.24, 2.45) is 0 Å². The monoisotopic (exact) mass is 450 g/mol. The molecule has 1 fully saturated rings. The lowest BCUT2D eigenvalue weighted by molar-refractivity contribution is 0.0785. The minimum atomic E-state index is -3.76. The fraction of sp³-hybridized carbons (Fsp3) is 0.409. The van der Waals surface area contributed by atoms with Crippen LogP contribution in [-0.4, -0.2) is 50.8 Å². The summed E-state index contributed by atoms with van der Waals surface area (Å²) in [4.78, 5) is 14.6. The predicted octanol–water partition coefficient (Wildman–Crippen LogP) is 4.19. The van der Waals surface area contributed by atoms with Crippen molar-refractivity contribution < 1.29 is 17.9 Å². The van der Waals surface area contributed by atoms with E-state index in [0.29, 0.717) is 30.2 Å². The molecule has 1 aliphatic heterocycles. The minimum absolute atomic E-state index is 0.0314. The summed E-state index contributed by atoms with van der Waals surface area (Å²) >= 11 is 6.20. The van der Waals surface area contributed by atoms with Crippen molar-refractivity contribution in [1.29, 1.82) is 0 Å². The van der Waals surface area contributed by atoms with E-state index in [-0.39, 0.29) is 16.6 Å². The van der Waals surface area contributed by atoms with E-state index in [1.165, 1.54) is 22.4 Å². The number of nitrogens with zero attached hydrogens (tertiary/aromatic N) is 2. The fourth-order valence-corrected chi connectivity index (χ4v) is 5.50. The van der Waals surface area contributed by atoms with Crippen LogP contribution in [0.3, 0.4) is 0 Å². The lowest BCUT2D eigenvalue weighted by atomic mass is 10.1. The van der Waals surface area contributed by atoms with Gasteiger partial charge in [0.1, 0.15) is 10.6 Å². The number of methoxy groups -OCH3 is 1.